The highest BCUT2D eigenvalue weighted by Gasteiger charge is 2.21. The van der Waals surface area contributed by atoms with Gasteiger partial charge in [0.25, 0.3) is 0 Å². The Kier molecular flexibility index (Phi) is 4.89. The average Bonchev–Trinajstić information content (AvgIpc) is 2.69. The molecule has 0 spiro atoms. The van der Waals surface area contributed by atoms with E-state index in [-0.39, 0.29) is 5.60 Å². The van der Waals surface area contributed by atoms with E-state index in [1.54, 1.807) is 18.4 Å². The topological polar surface area (TPSA) is 34.1 Å². The van der Waals surface area contributed by atoms with Gasteiger partial charge in [0, 0.05) is 30.3 Å². The van der Waals surface area contributed by atoms with Crippen molar-refractivity contribution in [3.63, 3.8) is 0 Å². The van der Waals surface area contributed by atoms with Gasteiger partial charge >= 0.3 is 0 Å². The zero-order valence-corrected chi connectivity index (χ0v) is 11.6. The maximum absolute atomic E-state index is 5.43. The van der Waals surface area contributed by atoms with Gasteiger partial charge in [-0.1, -0.05) is 0 Å². The van der Waals surface area contributed by atoms with E-state index in [1.165, 1.54) is 4.88 Å². The van der Waals surface area contributed by atoms with E-state index in [0.29, 0.717) is 12.1 Å². The Balaban J connectivity index is 2.43. The molecule has 1 aromatic rings. The molecule has 1 rings (SSSR count). The maximum Gasteiger partial charge on any atom is 0.0794 e. The van der Waals surface area contributed by atoms with Crippen molar-refractivity contribution in [3.05, 3.63) is 16.6 Å². The molecule has 0 saturated heterocycles. The summed E-state index contributed by atoms with van der Waals surface area (Å²) in [7, 11) is 1.76. The Morgan fingerprint density at radius 1 is 1.50 bits per heavy atom. The number of rotatable bonds is 6. The van der Waals surface area contributed by atoms with Crippen LogP contribution in [0.25, 0.3) is 0 Å². The molecule has 0 saturated carbocycles. The van der Waals surface area contributed by atoms with Crippen molar-refractivity contribution in [1.29, 1.82) is 0 Å². The third kappa shape index (κ3) is 4.20. The summed E-state index contributed by atoms with van der Waals surface area (Å²) in [5, 5.41) is 3.56. The minimum atomic E-state index is -0.0696. The van der Waals surface area contributed by atoms with Crippen LogP contribution in [0.15, 0.2) is 11.7 Å². The Labute approximate surface area is 102 Å². The fraction of sp³-hybridized carbons (Fsp3) is 0.750. The molecule has 92 valence electrons. The standard InChI is InChI=1S/C12H22N2OS/c1-9(6-12(3,4)15-5)14-10(2)11-7-13-8-16-11/h7-10,14H,6H2,1-5H3. The van der Waals surface area contributed by atoms with E-state index in [0.717, 1.165) is 6.42 Å². The molecule has 0 aromatic carbocycles. The van der Waals surface area contributed by atoms with Gasteiger partial charge in [-0.05, 0) is 34.1 Å². The number of ether oxygens (including phenoxy) is 1. The van der Waals surface area contributed by atoms with Gasteiger partial charge in [0.05, 0.1) is 11.1 Å². The minimum Gasteiger partial charge on any atom is -0.379 e. The summed E-state index contributed by atoms with van der Waals surface area (Å²) in [5.74, 6) is 0. The number of methoxy groups -OCH3 is 1. The van der Waals surface area contributed by atoms with Crippen molar-refractivity contribution in [2.75, 3.05) is 7.11 Å². The van der Waals surface area contributed by atoms with E-state index in [9.17, 15) is 0 Å². The molecule has 1 heterocycles. The second kappa shape index (κ2) is 5.75. The molecular formula is C12H22N2OS. The van der Waals surface area contributed by atoms with E-state index < -0.39 is 0 Å². The van der Waals surface area contributed by atoms with Crippen LogP contribution < -0.4 is 5.32 Å². The maximum atomic E-state index is 5.43. The summed E-state index contributed by atoms with van der Waals surface area (Å²) in [6, 6.07) is 0.780. The second-order valence-electron chi connectivity index (χ2n) is 4.86. The highest BCUT2D eigenvalue weighted by molar-refractivity contribution is 7.09. The normalized spacial score (nSPS) is 16.1. The van der Waals surface area contributed by atoms with Crippen molar-refractivity contribution >= 4 is 11.3 Å². The SMILES string of the molecule is COC(C)(C)CC(C)NC(C)c1cncs1. The molecule has 3 nitrogen and oxygen atoms in total. The lowest BCUT2D eigenvalue weighted by Gasteiger charge is -2.28. The molecule has 0 aliphatic rings. The zero-order valence-electron chi connectivity index (χ0n) is 10.8. The average molecular weight is 242 g/mol. The van der Waals surface area contributed by atoms with Gasteiger partial charge in [0.2, 0.25) is 0 Å². The number of hydrogen-bond acceptors (Lipinski definition) is 4. The van der Waals surface area contributed by atoms with Crippen molar-refractivity contribution in [3.8, 4) is 0 Å². The highest BCUT2D eigenvalue weighted by Crippen LogP contribution is 2.20. The van der Waals surface area contributed by atoms with Gasteiger partial charge in [-0.3, -0.25) is 4.98 Å². The molecule has 2 unspecified atom stereocenters. The quantitative estimate of drug-likeness (QED) is 0.832. The molecule has 0 aliphatic carbocycles. The molecule has 16 heavy (non-hydrogen) atoms. The van der Waals surface area contributed by atoms with Crippen LogP contribution in [0.5, 0.6) is 0 Å². The molecule has 0 amide bonds. The van der Waals surface area contributed by atoms with E-state index in [2.05, 4.69) is 38.0 Å². The zero-order chi connectivity index (χ0) is 12.2. The molecule has 1 N–H and O–H groups in total. The Morgan fingerprint density at radius 3 is 2.69 bits per heavy atom. The highest BCUT2D eigenvalue weighted by atomic mass is 32.1. The second-order valence-corrected chi connectivity index (χ2v) is 5.78. The van der Waals surface area contributed by atoms with Gasteiger partial charge in [-0.2, -0.15) is 0 Å². The Bertz CT molecular complexity index is 298. The van der Waals surface area contributed by atoms with Crippen molar-refractivity contribution in [2.45, 2.75) is 51.8 Å². The fourth-order valence-electron chi connectivity index (χ4n) is 1.83. The first kappa shape index (κ1) is 13.6. The smallest absolute Gasteiger partial charge is 0.0794 e. The van der Waals surface area contributed by atoms with Crippen LogP contribution >= 0.6 is 11.3 Å². The first-order valence-electron chi connectivity index (χ1n) is 5.64. The van der Waals surface area contributed by atoms with Crippen LogP contribution in [-0.2, 0) is 4.74 Å². The van der Waals surface area contributed by atoms with Crippen LogP contribution in [0.2, 0.25) is 0 Å². The predicted octanol–water partition coefficient (Wildman–Crippen LogP) is 3.00. The number of aromatic nitrogens is 1. The Morgan fingerprint density at radius 2 is 2.19 bits per heavy atom. The third-order valence-corrected chi connectivity index (χ3v) is 3.72. The summed E-state index contributed by atoms with van der Waals surface area (Å²) >= 11 is 1.69. The number of hydrogen-bond donors (Lipinski definition) is 1. The van der Waals surface area contributed by atoms with Gasteiger partial charge in [0.15, 0.2) is 0 Å². The largest absolute Gasteiger partial charge is 0.379 e. The summed E-state index contributed by atoms with van der Waals surface area (Å²) in [6.07, 6.45) is 2.92. The summed E-state index contributed by atoms with van der Waals surface area (Å²) in [4.78, 5) is 5.37. The first-order chi connectivity index (χ1) is 7.44. The molecular weight excluding hydrogens is 220 g/mol. The number of nitrogens with zero attached hydrogens (tertiary/aromatic N) is 1. The van der Waals surface area contributed by atoms with Gasteiger partial charge in [-0.25, -0.2) is 0 Å². The predicted molar refractivity (Wildman–Crippen MR) is 68.8 cm³/mol. The third-order valence-electron chi connectivity index (χ3n) is 2.76. The van der Waals surface area contributed by atoms with Crippen molar-refractivity contribution < 1.29 is 4.74 Å². The fourth-order valence-corrected chi connectivity index (χ4v) is 2.47. The number of thiazole rings is 1. The lowest BCUT2D eigenvalue weighted by atomic mass is 9.99. The number of nitrogens with one attached hydrogen (secondary N) is 1. The van der Waals surface area contributed by atoms with Crippen LogP contribution in [-0.4, -0.2) is 23.7 Å². The lowest BCUT2D eigenvalue weighted by Crippen LogP contribution is -2.36. The van der Waals surface area contributed by atoms with Gasteiger partial charge in [0.1, 0.15) is 0 Å². The van der Waals surface area contributed by atoms with Gasteiger partial charge in [-0.15, -0.1) is 11.3 Å². The van der Waals surface area contributed by atoms with E-state index in [4.69, 9.17) is 4.74 Å². The van der Waals surface area contributed by atoms with Crippen LogP contribution in [0.4, 0.5) is 0 Å². The monoisotopic (exact) mass is 242 g/mol. The summed E-state index contributed by atoms with van der Waals surface area (Å²) < 4.78 is 5.43. The molecule has 0 fully saturated rings. The van der Waals surface area contributed by atoms with Gasteiger partial charge < -0.3 is 10.1 Å². The molecule has 0 radical (unpaired) electrons. The first-order valence-corrected chi connectivity index (χ1v) is 6.52. The molecule has 0 aliphatic heterocycles. The van der Waals surface area contributed by atoms with Crippen LogP contribution in [0.3, 0.4) is 0 Å². The Hall–Kier alpha value is -0.450. The van der Waals surface area contributed by atoms with E-state index >= 15 is 0 Å². The molecule has 2 atom stereocenters. The van der Waals surface area contributed by atoms with Crippen LogP contribution in [0.1, 0.15) is 45.0 Å². The molecule has 1 aromatic heterocycles. The van der Waals surface area contributed by atoms with E-state index in [1.807, 2.05) is 11.7 Å². The van der Waals surface area contributed by atoms with Crippen molar-refractivity contribution in [1.82, 2.24) is 10.3 Å². The lowest BCUT2D eigenvalue weighted by molar-refractivity contribution is 0.00785. The summed E-state index contributed by atoms with van der Waals surface area (Å²) in [5.41, 5.74) is 1.80. The molecule has 0 bridgehead atoms. The minimum absolute atomic E-state index is 0.0696. The summed E-state index contributed by atoms with van der Waals surface area (Å²) in [6.45, 7) is 8.59. The van der Waals surface area contributed by atoms with Crippen molar-refractivity contribution in [2.24, 2.45) is 0 Å². The molecule has 4 heteroatoms. The van der Waals surface area contributed by atoms with Crippen LogP contribution in [0, 0.1) is 0 Å².